The van der Waals surface area contributed by atoms with Crippen molar-refractivity contribution in [2.75, 3.05) is 45.8 Å². The molecule has 1 unspecified atom stereocenters. The van der Waals surface area contributed by atoms with Crippen LogP contribution in [0.5, 0.6) is 0 Å². The van der Waals surface area contributed by atoms with Gasteiger partial charge in [-0.25, -0.2) is 0 Å². The van der Waals surface area contributed by atoms with Gasteiger partial charge in [0.15, 0.2) is 0 Å². The molecule has 0 aromatic heterocycles. The molecule has 2 aliphatic heterocycles. The SMILES string of the molecule is C=C(C)CN1CCN(C(=O)C2CCCN(C3CCCCC3)C2)CC1. The number of rotatable bonds is 4. The van der Waals surface area contributed by atoms with Gasteiger partial charge in [-0.05, 0) is 39.2 Å². The first-order valence-corrected chi connectivity index (χ1v) is 10.0. The lowest BCUT2D eigenvalue weighted by Crippen LogP contribution is -2.53. The summed E-state index contributed by atoms with van der Waals surface area (Å²) in [5, 5.41) is 0. The predicted octanol–water partition coefficient (Wildman–Crippen LogP) is 2.75. The fourth-order valence-corrected chi connectivity index (χ4v) is 4.75. The zero-order valence-corrected chi connectivity index (χ0v) is 15.5. The van der Waals surface area contributed by atoms with Crippen molar-refractivity contribution in [2.45, 2.75) is 57.9 Å². The third-order valence-corrected chi connectivity index (χ3v) is 6.07. The smallest absolute Gasteiger partial charge is 0.227 e. The average Bonchev–Trinajstić information content (AvgIpc) is 2.62. The summed E-state index contributed by atoms with van der Waals surface area (Å²) in [5.74, 6) is 0.666. The quantitative estimate of drug-likeness (QED) is 0.740. The van der Waals surface area contributed by atoms with E-state index in [1.54, 1.807) is 0 Å². The molecule has 0 aromatic rings. The highest BCUT2D eigenvalue weighted by Crippen LogP contribution is 2.28. The van der Waals surface area contributed by atoms with E-state index in [2.05, 4.69) is 28.2 Å². The largest absolute Gasteiger partial charge is 0.340 e. The molecule has 3 rings (SSSR count). The molecule has 0 bridgehead atoms. The maximum atomic E-state index is 13.0. The number of hydrogen-bond donors (Lipinski definition) is 0. The van der Waals surface area contributed by atoms with Gasteiger partial charge in [-0.2, -0.15) is 0 Å². The molecule has 2 saturated heterocycles. The molecule has 0 N–H and O–H groups in total. The van der Waals surface area contributed by atoms with Crippen molar-refractivity contribution in [3.05, 3.63) is 12.2 Å². The van der Waals surface area contributed by atoms with Gasteiger partial charge in [0, 0.05) is 45.3 Å². The molecule has 0 aromatic carbocycles. The number of carbonyl (C=O) groups excluding carboxylic acids is 1. The highest BCUT2D eigenvalue weighted by atomic mass is 16.2. The summed E-state index contributed by atoms with van der Waals surface area (Å²) in [4.78, 5) is 20.2. The van der Waals surface area contributed by atoms with Crippen molar-refractivity contribution in [1.29, 1.82) is 0 Å². The van der Waals surface area contributed by atoms with E-state index >= 15 is 0 Å². The van der Waals surface area contributed by atoms with Crippen molar-refractivity contribution in [2.24, 2.45) is 5.92 Å². The molecule has 4 heteroatoms. The lowest BCUT2D eigenvalue weighted by atomic mass is 9.89. The molecule has 0 spiro atoms. The molecule has 3 fully saturated rings. The minimum Gasteiger partial charge on any atom is -0.340 e. The molecule has 2 heterocycles. The Kier molecular flexibility index (Phi) is 6.34. The lowest BCUT2D eigenvalue weighted by molar-refractivity contribution is -0.139. The summed E-state index contributed by atoms with van der Waals surface area (Å²) in [7, 11) is 0. The van der Waals surface area contributed by atoms with E-state index in [4.69, 9.17) is 0 Å². The first-order chi connectivity index (χ1) is 11.6. The fourth-order valence-electron chi connectivity index (χ4n) is 4.75. The van der Waals surface area contributed by atoms with E-state index < -0.39 is 0 Å². The van der Waals surface area contributed by atoms with Gasteiger partial charge in [0.05, 0.1) is 5.92 Å². The number of piperazine rings is 1. The van der Waals surface area contributed by atoms with Crippen molar-refractivity contribution in [3.63, 3.8) is 0 Å². The maximum Gasteiger partial charge on any atom is 0.227 e. The van der Waals surface area contributed by atoms with E-state index in [-0.39, 0.29) is 5.92 Å². The van der Waals surface area contributed by atoms with Crippen LogP contribution in [0.3, 0.4) is 0 Å². The van der Waals surface area contributed by atoms with Crippen LogP contribution in [-0.2, 0) is 4.79 Å². The molecule has 24 heavy (non-hydrogen) atoms. The van der Waals surface area contributed by atoms with E-state index in [0.717, 1.165) is 51.7 Å². The van der Waals surface area contributed by atoms with Crippen molar-refractivity contribution in [3.8, 4) is 0 Å². The van der Waals surface area contributed by atoms with Gasteiger partial charge in [-0.15, -0.1) is 0 Å². The number of carbonyl (C=O) groups is 1. The Morgan fingerprint density at radius 1 is 0.958 bits per heavy atom. The second-order valence-corrected chi connectivity index (χ2v) is 8.18. The van der Waals surface area contributed by atoms with Crippen LogP contribution in [0.25, 0.3) is 0 Å². The first-order valence-electron chi connectivity index (χ1n) is 10.0. The number of piperidine rings is 1. The number of amides is 1. The highest BCUT2D eigenvalue weighted by molar-refractivity contribution is 5.79. The highest BCUT2D eigenvalue weighted by Gasteiger charge is 2.33. The Morgan fingerprint density at radius 2 is 1.67 bits per heavy atom. The van der Waals surface area contributed by atoms with Crippen LogP contribution in [0.15, 0.2) is 12.2 Å². The molecule has 1 amide bonds. The van der Waals surface area contributed by atoms with E-state index in [9.17, 15) is 4.79 Å². The van der Waals surface area contributed by atoms with Gasteiger partial charge < -0.3 is 4.90 Å². The van der Waals surface area contributed by atoms with Gasteiger partial charge in [-0.1, -0.05) is 31.4 Å². The summed E-state index contributed by atoms with van der Waals surface area (Å²) in [5.41, 5.74) is 1.21. The van der Waals surface area contributed by atoms with Crippen LogP contribution in [0, 0.1) is 5.92 Å². The van der Waals surface area contributed by atoms with Crippen molar-refractivity contribution in [1.82, 2.24) is 14.7 Å². The molecule has 1 saturated carbocycles. The van der Waals surface area contributed by atoms with E-state index in [0.29, 0.717) is 5.91 Å². The van der Waals surface area contributed by atoms with Gasteiger partial charge >= 0.3 is 0 Å². The topological polar surface area (TPSA) is 26.8 Å². The van der Waals surface area contributed by atoms with Crippen LogP contribution in [0.4, 0.5) is 0 Å². The molecular weight excluding hydrogens is 298 g/mol. The minimum absolute atomic E-state index is 0.244. The Morgan fingerprint density at radius 3 is 2.33 bits per heavy atom. The maximum absolute atomic E-state index is 13.0. The van der Waals surface area contributed by atoms with E-state index in [1.165, 1.54) is 50.6 Å². The summed E-state index contributed by atoms with van der Waals surface area (Å²) in [6.45, 7) is 13.1. The van der Waals surface area contributed by atoms with Gasteiger partial charge in [0.25, 0.3) is 0 Å². The van der Waals surface area contributed by atoms with Crippen molar-refractivity contribution >= 4 is 5.91 Å². The Balaban J connectivity index is 1.48. The minimum atomic E-state index is 0.244. The molecule has 3 aliphatic rings. The van der Waals surface area contributed by atoms with Gasteiger partial charge in [0.1, 0.15) is 0 Å². The summed E-state index contributed by atoms with van der Waals surface area (Å²) < 4.78 is 0. The molecule has 4 nitrogen and oxygen atoms in total. The number of likely N-dealkylation sites (tertiary alicyclic amines) is 1. The lowest BCUT2D eigenvalue weighted by Gasteiger charge is -2.42. The summed E-state index contributed by atoms with van der Waals surface area (Å²) in [6.07, 6.45) is 9.15. The predicted molar refractivity (Wildman–Crippen MR) is 99.0 cm³/mol. The third-order valence-electron chi connectivity index (χ3n) is 6.07. The molecule has 1 atom stereocenters. The van der Waals surface area contributed by atoms with Crippen LogP contribution in [-0.4, -0.2) is 72.5 Å². The van der Waals surface area contributed by atoms with Gasteiger partial charge in [0.2, 0.25) is 5.91 Å². The molecular formula is C20H35N3O. The standard InChI is InChI=1S/C20H35N3O/c1-17(2)15-21-11-13-22(14-12-21)20(24)18-7-6-10-23(16-18)19-8-4-3-5-9-19/h18-19H,1,3-16H2,2H3. The number of hydrogen-bond acceptors (Lipinski definition) is 3. The molecule has 1 aliphatic carbocycles. The monoisotopic (exact) mass is 333 g/mol. The zero-order valence-electron chi connectivity index (χ0n) is 15.5. The second kappa shape index (κ2) is 8.48. The summed E-state index contributed by atoms with van der Waals surface area (Å²) in [6, 6.07) is 0.752. The van der Waals surface area contributed by atoms with Crippen LogP contribution in [0.1, 0.15) is 51.9 Å². The van der Waals surface area contributed by atoms with E-state index in [1.807, 2.05) is 0 Å². The Hall–Kier alpha value is -0.870. The molecule has 0 radical (unpaired) electrons. The second-order valence-electron chi connectivity index (χ2n) is 8.18. The normalized spacial score (nSPS) is 28.0. The number of nitrogens with zero attached hydrogens (tertiary/aromatic N) is 3. The first kappa shape index (κ1) is 17.9. The Labute approximate surface area is 147 Å². The molecule has 136 valence electrons. The fraction of sp³-hybridized carbons (Fsp3) is 0.850. The average molecular weight is 334 g/mol. The van der Waals surface area contributed by atoms with Crippen molar-refractivity contribution < 1.29 is 4.79 Å². The van der Waals surface area contributed by atoms with Crippen LogP contribution in [0.2, 0.25) is 0 Å². The van der Waals surface area contributed by atoms with Gasteiger partial charge in [-0.3, -0.25) is 14.6 Å². The summed E-state index contributed by atoms with van der Waals surface area (Å²) >= 11 is 0. The zero-order chi connectivity index (χ0) is 16.9. The van der Waals surface area contributed by atoms with Crippen LogP contribution < -0.4 is 0 Å². The third kappa shape index (κ3) is 4.60. The Bertz CT molecular complexity index is 436. The van der Waals surface area contributed by atoms with Crippen LogP contribution >= 0.6 is 0 Å².